The number of nitrogens with one attached hydrogen (secondary N) is 1. The van der Waals surface area contributed by atoms with E-state index in [0.717, 1.165) is 32.1 Å². The van der Waals surface area contributed by atoms with Crippen molar-refractivity contribution in [3.05, 3.63) is 0 Å². The molecule has 0 aromatic heterocycles. The molecule has 2 fully saturated rings. The molecule has 16 heavy (non-hydrogen) atoms. The minimum atomic E-state index is 0.328. The molecule has 3 heteroatoms. The van der Waals surface area contributed by atoms with E-state index in [1.807, 2.05) is 0 Å². The highest BCUT2D eigenvalue weighted by molar-refractivity contribution is 4.76. The number of hydrogen-bond donors (Lipinski definition) is 2. The van der Waals surface area contributed by atoms with Crippen LogP contribution in [0.25, 0.3) is 0 Å². The van der Waals surface area contributed by atoms with Gasteiger partial charge in [-0.05, 0) is 18.8 Å². The molecule has 2 N–H and O–H groups in total. The topological polar surface area (TPSA) is 35.5 Å². The average Bonchev–Trinajstić information content (AvgIpc) is 2.55. The summed E-state index contributed by atoms with van der Waals surface area (Å²) in [4.78, 5) is 2.57. The summed E-state index contributed by atoms with van der Waals surface area (Å²) in [6.07, 6.45) is 7.15. The van der Waals surface area contributed by atoms with Crippen molar-refractivity contribution in [1.82, 2.24) is 10.2 Å². The first kappa shape index (κ1) is 12.3. The average molecular weight is 226 g/mol. The van der Waals surface area contributed by atoms with Gasteiger partial charge >= 0.3 is 0 Å². The minimum Gasteiger partial charge on any atom is -0.396 e. The summed E-state index contributed by atoms with van der Waals surface area (Å²) in [6, 6.07) is 0. The largest absolute Gasteiger partial charge is 0.396 e. The van der Waals surface area contributed by atoms with Gasteiger partial charge in [0, 0.05) is 45.2 Å². The highest BCUT2D eigenvalue weighted by Gasteiger charge is 2.21. The number of rotatable bonds is 3. The molecule has 1 saturated heterocycles. The van der Waals surface area contributed by atoms with Gasteiger partial charge in [0.15, 0.2) is 0 Å². The maximum Gasteiger partial charge on any atom is 0.0483 e. The van der Waals surface area contributed by atoms with Crippen molar-refractivity contribution in [2.24, 2.45) is 11.8 Å². The third kappa shape index (κ3) is 3.72. The van der Waals surface area contributed by atoms with E-state index in [9.17, 15) is 5.11 Å². The van der Waals surface area contributed by atoms with Crippen LogP contribution in [0.3, 0.4) is 0 Å². The number of nitrogens with zero attached hydrogens (tertiary/aromatic N) is 1. The summed E-state index contributed by atoms with van der Waals surface area (Å²) in [5, 5.41) is 12.7. The van der Waals surface area contributed by atoms with Gasteiger partial charge in [-0.3, -0.25) is 0 Å². The van der Waals surface area contributed by atoms with Crippen LogP contribution >= 0.6 is 0 Å². The summed E-state index contributed by atoms with van der Waals surface area (Å²) in [5.74, 6) is 1.36. The molecule has 3 nitrogen and oxygen atoms in total. The van der Waals surface area contributed by atoms with Gasteiger partial charge in [-0.2, -0.15) is 0 Å². The fraction of sp³-hybridized carbons (Fsp3) is 1.00. The van der Waals surface area contributed by atoms with Crippen molar-refractivity contribution < 1.29 is 5.11 Å². The second-order valence-electron chi connectivity index (χ2n) is 5.52. The summed E-state index contributed by atoms with van der Waals surface area (Å²) >= 11 is 0. The van der Waals surface area contributed by atoms with Crippen LogP contribution in [0.4, 0.5) is 0 Å². The summed E-state index contributed by atoms with van der Waals surface area (Å²) in [7, 11) is 0. The molecule has 0 spiro atoms. The molecule has 1 heterocycles. The summed E-state index contributed by atoms with van der Waals surface area (Å²) in [5.41, 5.74) is 0. The molecule has 0 aromatic rings. The van der Waals surface area contributed by atoms with Crippen molar-refractivity contribution in [2.45, 2.75) is 32.1 Å². The van der Waals surface area contributed by atoms with Gasteiger partial charge in [-0.15, -0.1) is 0 Å². The maximum absolute atomic E-state index is 9.27. The zero-order valence-corrected chi connectivity index (χ0v) is 10.3. The van der Waals surface area contributed by atoms with E-state index >= 15 is 0 Å². The van der Waals surface area contributed by atoms with E-state index in [1.54, 1.807) is 0 Å². The lowest BCUT2D eigenvalue weighted by Gasteiger charge is -2.29. The Morgan fingerprint density at radius 3 is 2.69 bits per heavy atom. The molecule has 2 aliphatic rings. The molecule has 1 aliphatic heterocycles. The van der Waals surface area contributed by atoms with Crippen molar-refractivity contribution in [1.29, 1.82) is 0 Å². The number of aliphatic hydroxyl groups is 1. The Hall–Kier alpha value is -0.120. The Morgan fingerprint density at radius 1 is 1.12 bits per heavy atom. The van der Waals surface area contributed by atoms with Crippen LogP contribution < -0.4 is 5.32 Å². The van der Waals surface area contributed by atoms with E-state index in [1.165, 1.54) is 38.6 Å². The van der Waals surface area contributed by atoms with E-state index in [0.29, 0.717) is 12.5 Å². The molecular weight excluding hydrogens is 200 g/mol. The zero-order valence-electron chi connectivity index (χ0n) is 10.3. The Kier molecular flexibility index (Phi) is 5.07. The highest BCUT2D eigenvalue weighted by atomic mass is 16.3. The Morgan fingerprint density at radius 2 is 1.94 bits per heavy atom. The normalized spacial score (nSPS) is 30.2. The predicted octanol–water partition coefficient (Wildman–Crippen LogP) is 1.08. The first-order valence-electron chi connectivity index (χ1n) is 6.92. The SMILES string of the molecule is OC[C@@H]1CNCCN(CC2CCCCC2)C1. The monoisotopic (exact) mass is 226 g/mol. The molecule has 0 amide bonds. The van der Waals surface area contributed by atoms with Crippen molar-refractivity contribution in [2.75, 3.05) is 39.3 Å². The first-order valence-corrected chi connectivity index (χ1v) is 6.92. The molecule has 1 atom stereocenters. The van der Waals surface area contributed by atoms with Crippen LogP contribution in [0.1, 0.15) is 32.1 Å². The predicted molar refractivity (Wildman–Crippen MR) is 66.5 cm³/mol. The lowest BCUT2D eigenvalue weighted by molar-refractivity contribution is 0.156. The second-order valence-corrected chi connectivity index (χ2v) is 5.52. The number of aliphatic hydroxyl groups excluding tert-OH is 1. The van der Waals surface area contributed by atoms with Crippen LogP contribution in [0.15, 0.2) is 0 Å². The van der Waals surface area contributed by atoms with Gasteiger partial charge in [0.2, 0.25) is 0 Å². The molecule has 2 rings (SSSR count). The Bertz CT molecular complexity index is 192. The van der Waals surface area contributed by atoms with Crippen LogP contribution in [-0.4, -0.2) is 49.3 Å². The smallest absolute Gasteiger partial charge is 0.0483 e. The van der Waals surface area contributed by atoms with E-state index in [4.69, 9.17) is 0 Å². The number of hydrogen-bond acceptors (Lipinski definition) is 3. The van der Waals surface area contributed by atoms with Crippen molar-refractivity contribution >= 4 is 0 Å². The lowest BCUT2D eigenvalue weighted by Crippen LogP contribution is -2.36. The van der Waals surface area contributed by atoms with Gasteiger partial charge in [-0.1, -0.05) is 19.3 Å². The molecule has 0 radical (unpaired) electrons. The van der Waals surface area contributed by atoms with Gasteiger partial charge < -0.3 is 15.3 Å². The maximum atomic E-state index is 9.27. The molecular formula is C13H26N2O. The van der Waals surface area contributed by atoms with E-state index in [2.05, 4.69) is 10.2 Å². The van der Waals surface area contributed by atoms with Crippen molar-refractivity contribution in [3.8, 4) is 0 Å². The van der Waals surface area contributed by atoms with Crippen molar-refractivity contribution in [3.63, 3.8) is 0 Å². The summed E-state index contributed by atoms with van der Waals surface area (Å²) < 4.78 is 0. The zero-order chi connectivity index (χ0) is 11.2. The quantitative estimate of drug-likeness (QED) is 0.756. The van der Waals surface area contributed by atoms with Crippen LogP contribution in [0.2, 0.25) is 0 Å². The van der Waals surface area contributed by atoms with E-state index in [-0.39, 0.29) is 0 Å². The van der Waals surface area contributed by atoms with Gasteiger partial charge in [0.25, 0.3) is 0 Å². The standard InChI is InChI=1S/C13H26N2O/c16-11-13-8-14-6-7-15(10-13)9-12-4-2-1-3-5-12/h12-14,16H,1-11H2/t13-/m1/s1. The van der Waals surface area contributed by atoms with Gasteiger partial charge in [0.05, 0.1) is 0 Å². The third-order valence-electron chi connectivity index (χ3n) is 4.05. The lowest BCUT2D eigenvalue weighted by atomic mass is 9.89. The summed E-state index contributed by atoms with van der Waals surface area (Å²) in [6.45, 7) is 5.90. The molecule has 1 saturated carbocycles. The van der Waals surface area contributed by atoms with Crippen LogP contribution in [0.5, 0.6) is 0 Å². The molecule has 0 bridgehead atoms. The highest BCUT2D eigenvalue weighted by Crippen LogP contribution is 2.24. The Balaban J connectivity index is 1.77. The first-order chi connectivity index (χ1) is 7.88. The molecule has 0 aromatic carbocycles. The van der Waals surface area contributed by atoms with Gasteiger partial charge in [0.1, 0.15) is 0 Å². The van der Waals surface area contributed by atoms with Crippen LogP contribution in [0, 0.1) is 11.8 Å². The van der Waals surface area contributed by atoms with E-state index < -0.39 is 0 Å². The minimum absolute atomic E-state index is 0.328. The van der Waals surface area contributed by atoms with Gasteiger partial charge in [-0.25, -0.2) is 0 Å². The fourth-order valence-corrected chi connectivity index (χ4v) is 3.09. The molecule has 94 valence electrons. The second kappa shape index (κ2) is 6.58. The fourth-order valence-electron chi connectivity index (χ4n) is 3.09. The molecule has 0 unspecified atom stereocenters. The Labute approximate surface area is 99.2 Å². The molecule has 1 aliphatic carbocycles. The third-order valence-corrected chi connectivity index (χ3v) is 4.05. The van der Waals surface area contributed by atoms with Crippen LogP contribution in [-0.2, 0) is 0 Å².